The molecule has 7 heteroatoms. The van der Waals surface area contributed by atoms with Crippen LogP contribution in [0.2, 0.25) is 0 Å². The molecule has 2 heterocycles. The number of thioether (sulfide) groups is 1. The summed E-state index contributed by atoms with van der Waals surface area (Å²) in [6.45, 7) is 0.724. The summed E-state index contributed by atoms with van der Waals surface area (Å²) < 4.78 is 7.41. The van der Waals surface area contributed by atoms with Crippen molar-refractivity contribution in [1.29, 1.82) is 0 Å². The first-order valence-corrected chi connectivity index (χ1v) is 9.10. The Bertz CT molecular complexity index is 932. The van der Waals surface area contributed by atoms with E-state index >= 15 is 0 Å². The van der Waals surface area contributed by atoms with Crippen LogP contribution in [0.25, 0.3) is 0 Å². The van der Waals surface area contributed by atoms with Crippen molar-refractivity contribution < 1.29 is 9.52 Å². The van der Waals surface area contributed by atoms with Crippen molar-refractivity contribution in [3.05, 3.63) is 70.0 Å². The number of hydrogen-bond donors (Lipinski definition) is 1. The molecule has 25 heavy (non-hydrogen) atoms. The molecule has 1 saturated carbocycles. The lowest BCUT2D eigenvalue weighted by atomic mass is 10.2. The summed E-state index contributed by atoms with van der Waals surface area (Å²) in [5.74, 6) is 2.09. The summed E-state index contributed by atoms with van der Waals surface area (Å²) in [7, 11) is 0. The Labute approximate surface area is 148 Å². The van der Waals surface area contributed by atoms with Crippen LogP contribution in [0.4, 0.5) is 0 Å². The van der Waals surface area contributed by atoms with E-state index in [-0.39, 0.29) is 5.75 Å². The molecule has 0 unspecified atom stereocenters. The minimum absolute atomic E-state index is 0.378. The molecule has 0 radical (unpaired) electrons. The maximum Gasteiger partial charge on any atom is 0.226 e. The van der Waals surface area contributed by atoms with E-state index in [9.17, 15) is 9.90 Å². The van der Waals surface area contributed by atoms with Crippen molar-refractivity contribution in [2.24, 2.45) is 0 Å². The van der Waals surface area contributed by atoms with Gasteiger partial charge in [0.25, 0.3) is 0 Å². The van der Waals surface area contributed by atoms with Crippen molar-refractivity contribution in [2.75, 3.05) is 0 Å². The van der Waals surface area contributed by atoms with Gasteiger partial charge in [-0.25, -0.2) is 0 Å². The van der Waals surface area contributed by atoms with Crippen LogP contribution in [-0.4, -0.2) is 19.9 Å². The quantitative estimate of drug-likeness (QED) is 0.684. The van der Waals surface area contributed by atoms with Gasteiger partial charge in [-0.2, -0.15) is 0 Å². The van der Waals surface area contributed by atoms with Gasteiger partial charge < -0.3 is 14.1 Å². The van der Waals surface area contributed by atoms with E-state index < -0.39 is 5.43 Å². The first-order chi connectivity index (χ1) is 12.2. The van der Waals surface area contributed by atoms with E-state index in [1.165, 1.54) is 23.4 Å². The molecule has 0 spiro atoms. The molecule has 4 rings (SSSR count). The van der Waals surface area contributed by atoms with E-state index in [1.54, 1.807) is 0 Å². The minimum atomic E-state index is -0.439. The third-order valence-corrected chi connectivity index (χ3v) is 5.07. The van der Waals surface area contributed by atoms with E-state index in [0.717, 1.165) is 36.6 Å². The molecule has 0 saturated heterocycles. The Morgan fingerprint density at radius 1 is 1.24 bits per heavy atom. The molecule has 1 fully saturated rings. The molecule has 1 aromatic carbocycles. The first-order valence-electron chi connectivity index (χ1n) is 8.11. The standard InChI is InChI=1S/C18H17N3O3S/c22-15-8-14(24-10-16(15)23)11-25-18-20-19-17(13-6-7-13)21(18)9-12-4-2-1-3-5-12/h1-5,8,10,13,23H,6-7,9,11H2. The molecule has 0 bridgehead atoms. The molecule has 1 aliphatic carbocycles. The SMILES string of the molecule is O=c1cc(CSc2nnc(C3CC3)n2Cc2ccccc2)occ1O. The molecule has 1 aliphatic rings. The highest BCUT2D eigenvalue weighted by Gasteiger charge is 2.30. The Morgan fingerprint density at radius 3 is 2.76 bits per heavy atom. The average Bonchev–Trinajstić information content (AvgIpc) is 3.39. The fourth-order valence-electron chi connectivity index (χ4n) is 2.62. The van der Waals surface area contributed by atoms with E-state index in [0.29, 0.717) is 17.4 Å². The molecule has 128 valence electrons. The van der Waals surface area contributed by atoms with Gasteiger partial charge in [-0.3, -0.25) is 4.79 Å². The lowest BCUT2D eigenvalue weighted by Crippen LogP contribution is -2.06. The third-order valence-electron chi connectivity index (χ3n) is 4.08. The van der Waals surface area contributed by atoms with Crippen LogP contribution in [0, 0.1) is 0 Å². The number of aromatic hydroxyl groups is 1. The third kappa shape index (κ3) is 3.61. The topological polar surface area (TPSA) is 81.2 Å². The van der Waals surface area contributed by atoms with Gasteiger partial charge in [-0.1, -0.05) is 42.1 Å². The first kappa shape index (κ1) is 16.0. The van der Waals surface area contributed by atoms with Crippen molar-refractivity contribution >= 4 is 11.8 Å². The maximum atomic E-state index is 11.5. The molecule has 2 aromatic heterocycles. The van der Waals surface area contributed by atoms with Crippen LogP contribution >= 0.6 is 11.8 Å². The molecule has 6 nitrogen and oxygen atoms in total. The van der Waals surface area contributed by atoms with Crippen molar-refractivity contribution in [2.45, 2.75) is 36.2 Å². The van der Waals surface area contributed by atoms with Crippen LogP contribution in [0.3, 0.4) is 0 Å². The highest BCUT2D eigenvalue weighted by atomic mass is 32.2. The molecule has 0 aliphatic heterocycles. The zero-order valence-electron chi connectivity index (χ0n) is 13.5. The second-order valence-corrected chi connectivity index (χ2v) is 7.01. The lowest BCUT2D eigenvalue weighted by molar-refractivity contribution is 0.419. The zero-order valence-corrected chi connectivity index (χ0v) is 14.3. The highest BCUT2D eigenvalue weighted by molar-refractivity contribution is 7.98. The molecule has 0 amide bonds. The van der Waals surface area contributed by atoms with Crippen LogP contribution < -0.4 is 5.43 Å². The van der Waals surface area contributed by atoms with Gasteiger partial charge >= 0.3 is 0 Å². The molecule has 3 aromatic rings. The number of aromatic nitrogens is 3. The summed E-state index contributed by atoms with van der Waals surface area (Å²) in [5, 5.41) is 18.8. The Morgan fingerprint density at radius 2 is 2.04 bits per heavy atom. The van der Waals surface area contributed by atoms with Gasteiger partial charge in [0, 0.05) is 12.0 Å². The number of benzene rings is 1. The smallest absolute Gasteiger partial charge is 0.226 e. The van der Waals surface area contributed by atoms with E-state index in [4.69, 9.17) is 4.42 Å². The summed E-state index contributed by atoms with van der Waals surface area (Å²) in [5.41, 5.74) is 0.758. The number of rotatable bonds is 6. The molecular weight excluding hydrogens is 338 g/mol. The molecule has 1 N–H and O–H groups in total. The van der Waals surface area contributed by atoms with E-state index in [1.807, 2.05) is 18.2 Å². The minimum Gasteiger partial charge on any atom is -0.502 e. The summed E-state index contributed by atoms with van der Waals surface area (Å²) in [4.78, 5) is 11.5. The Kier molecular flexibility index (Phi) is 4.31. The van der Waals surface area contributed by atoms with Crippen molar-refractivity contribution in [3.8, 4) is 5.75 Å². The zero-order chi connectivity index (χ0) is 17.2. The average molecular weight is 355 g/mol. The summed E-state index contributed by atoms with van der Waals surface area (Å²) >= 11 is 1.48. The van der Waals surface area contributed by atoms with Gasteiger partial charge in [-0.05, 0) is 18.4 Å². The Balaban J connectivity index is 1.56. The lowest BCUT2D eigenvalue weighted by Gasteiger charge is -2.09. The number of hydrogen-bond acceptors (Lipinski definition) is 6. The monoisotopic (exact) mass is 355 g/mol. The van der Waals surface area contributed by atoms with Crippen LogP contribution in [0.5, 0.6) is 5.75 Å². The molecular formula is C18H17N3O3S. The largest absolute Gasteiger partial charge is 0.502 e. The fraction of sp³-hybridized carbons (Fsp3) is 0.278. The van der Waals surface area contributed by atoms with Gasteiger partial charge in [0.1, 0.15) is 17.8 Å². The predicted octanol–water partition coefficient (Wildman–Crippen LogP) is 3.15. The highest BCUT2D eigenvalue weighted by Crippen LogP contribution is 2.40. The van der Waals surface area contributed by atoms with Gasteiger partial charge in [0.05, 0.1) is 12.3 Å². The molecule has 0 atom stereocenters. The van der Waals surface area contributed by atoms with Crippen molar-refractivity contribution in [1.82, 2.24) is 14.8 Å². The van der Waals surface area contributed by atoms with Gasteiger partial charge in [0.2, 0.25) is 5.43 Å². The normalized spacial score (nSPS) is 13.9. The summed E-state index contributed by atoms with van der Waals surface area (Å²) in [6, 6.07) is 11.5. The van der Waals surface area contributed by atoms with Crippen LogP contribution in [-0.2, 0) is 12.3 Å². The van der Waals surface area contributed by atoms with Crippen LogP contribution in [0.15, 0.2) is 57.0 Å². The van der Waals surface area contributed by atoms with E-state index in [2.05, 4.69) is 26.9 Å². The van der Waals surface area contributed by atoms with Crippen LogP contribution in [0.1, 0.15) is 35.9 Å². The second kappa shape index (κ2) is 6.76. The number of nitrogens with zero attached hydrogens (tertiary/aromatic N) is 3. The second-order valence-electron chi connectivity index (χ2n) is 6.07. The predicted molar refractivity (Wildman–Crippen MR) is 93.7 cm³/mol. The Hall–Kier alpha value is -2.54. The maximum absolute atomic E-state index is 11.5. The fourth-order valence-corrected chi connectivity index (χ4v) is 3.46. The summed E-state index contributed by atoms with van der Waals surface area (Å²) in [6.07, 6.45) is 3.39. The van der Waals surface area contributed by atoms with Gasteiger partial charge in [-0.15, -0.1) is 10.2 Å². The van der Waals surface area contributed by atoms with Gasteiger partial charge in [0.15, 0.2) is 10.9 Å². The van der Waals surface area contributed by atoms with Crippen molar-refractivity contribution in [3.63, 3.8) is 0 Å².